The van der Waals surface area contributed by atoms with Crippen LogP contribution in [0.1, 0.15) is 65.7 Å². The topological polar surface area (TPSA) is 154 Å². The first-order chi connectivity index (χ1) is 29.1. The second-order valence-electron chi connectivity index (χ2n) is 17.9. The van der Waals surface area contributed by atoms with Gasteiger partial charge in [-0.25, -0.2) is 4.98 Å². The van der Waals surface area contributed by atoms with Crippen molar-refractivity contribution < 1.29 is 38.1 Å². The van der Waals surface area contributed by atoms with Crippen molar-refractivity contribution in [1.82, 2.24) is 24.8 Å². The Kier molecular flexibility index (Phi) is 8.83. The van der Waals surface area contributed by atoms with Crippen LogP contribution in [0.2, 0.25) is 0 Å². The van der Waals surface area contributed by atoms with Gasteiger partial charge >= 0.3 is 0 Å². The van der Waals surface area contributed by atoms with Gasteiger partial charge in [0.05, 0.1) is 55.3 Å². The highest BCUT2D eigenvalue weighted by atomic mass is 16.5. The van der Waals surface area contributed by atoms with Gasteiger partial charge in [0.25, 0.3) is 11.8 Å². The van der Waals surface area contributed by atoms with E-state index in [-0.39, 0.29) is 47.7 Å². The summed E-state index contributed by atoms with van der Waals surface area (Å²) < 4.78 is 26.9. The molecule has 60 heavy (non-hydrogen) atoms. The first kappa shape index (κ1) is 37.3. The van der Waals surface area contributed by atoms with Crippen molar-refractivity contribution in [2.24, 2.45) is 17.9 Å². The maximum Gasteiger partial charge on any atom is 0.262 e. The predicted molar refractivity (Wildman–Crippen MR) is 219 cm³/mol. The number of nitrogens with zero attached hydrogens (tertiary/aromatic N) is 5. The Bertz CT molecular complexity index is 2560. The molecule has 4 saturated carbocycles. The summed E-state index contributed by atoms with van der Waals surface area (Å²) in [5.41, 5.74) is 6.49. The third-order valence-corrected chi connectivity index (χ3v) is 13.7. The summed E-state index contributed by atoms with van der Waals surface area (Å²) in [6, 6.07) is 16.8. The van der Waals surface area contributed by atoms with Crippen molar-refractivity contribution in [2.45, 2.75) is 69.3 Å². The minimum Gasteiger partial charge on any atom is -0.474 e. The highest BCUT2D eigenvalue weighted by Crippen LogP contribution is 2.73. The summed E-state index contributed by atoms with van der Waals surface area (Å²) >= 11 is 0. The van der Waals surface area contributed by atoms with Gasteiger partial charge in [-0.3, -0.25) is 34.4 Å². The van der Waals surface area contributed by atoms with E-state index in [1.807, 2.05) is 30.7 Å². The van der Waals surface area contributed by atoms with Gasteiger partial charge in [-0.05, 0) is 78.5 Å². The molecule has 0 radical (unpaired) electrons. The summed E-state index contributed by atoms with van der Waals surface area (Å²) in [5.74, 6) is -1.36. The molecule has 1 unspecified atom stereocenters. The van der Waals surface area contributed by atoms with Crippen molar-refractivity contribution in [1.29, 1.82) is 0 Å². The van der Waals surface area contributed by atoms with Gasteiger partial charge in [0.15, 0.2) is 0 Å². The standard InChI is InChI=1S/C46H46N6O8/c1-50-37-10-11-47-19-36(37)33-5-2-27(14-39(33)50)28-3-9-41(48-18-28)60-31-16-30(17-31)59-26-46-22-45(23-46,24-46)25-57-12-13-58-32-20-51(21-32)29-4-6-34-35(15-29)44(56)52(43(34)55)38-7-8-40(53)49-42(38)54/h2-6,9-11,14-15,18-19,30-32,38H,7-8,12-13,16-17,20-26H2,1H3,(H,49,53,54). The number of nitrogens with one attached hydrogen (secondary N) is 1. The lowest BCUT2D eigenvalue weighted by Gasteiger charge is -2.70. The second-order valence-corrected chi connectivity index (χ2v) is 17.9. The number of piperidine rings is 1. The Labute approximate surface area is 346 Å². The van der Waals surface area contributed by atoms with E-state index in [0.717, 1.165) is 72.4 Å². The van der Waals surface area contributed by atoms with Gasteiger partial charge in [0.1, 0.15) is 12.1 Å². The number of anilines is 1. The largest absolute Gasteiger partial charge is 0.474 e. The number of fused-ring (bicyclic) bond motifs is 4. The van der Waals surface area contributed by atoms with Crippen LogP contribution in [0, 0.1) is 10.8 Å². The maximum absolute atomic E-state index is 13.2. The molecule has 3 aromatic heterocycles. The highest BCUT2D eigenvalue weighted by Gasteiger charge is 2.67. The highest BCUT2D eigenvalue weighted by molar-refractivity contribution is 6.23. The number of benzene rings is 2. The molecule has 308 valence electrons. The molecule has 7 aliphatic rings. The molecule has 2 saturated heterocycles. The number of hydrogen-bond donors (Lipinski definition) is 1. The fourth-order valence-corrected chi connectivity index (χ4v) is 10.6. The molecule has 14 heteroatoms. The molecule has 6 fully saturated rings. The average Bonchev–Trinajstić information content (AvgIpc) is 3.62. The summed E-state index contributed by atoms with van der Waals surface area (Å²) in [7, 11) is 2.09. The average molecular weight is 811 g/mol. The van der Waals surface area contributed by atoms with E-state index in [4.69, 9.17) is 18.9 Å². The smallest absolute Gasteiger partial charge is 0.262 e. The minimum atomic E-state index is -0.974. The number of amides is 4. The Morgan fingerprint density at radius 1 is 0.767 bits per heavy atom. The van der Waals surface area contributed by atoms with Crippen LogP contribution in [0.4, 0.5) is 5.69 Å². The molecule has 0 spiro atoms. The van der Waals surface area contributed by atoms with Crippen LogP contribution in [-0.4, -0.2) is 107 Å². The lowest BCUT2D eigenvalue weighted by atomic mass is 9.35. The first-order valence-corrected chi connectivity index (χ1v) is 21.0. The summed E-state index contributed by atoms with van der Waals surface area (Å²) in [6.45, 7) is 3.98. The van der Waals surface area contributed by atoms with Crippen LogP contribution in [0.5, 0.6) is 5.88 Å². The molecule has 14 nitrogen and oxygen atoms in total. The Morgan fingerprint density at radius 3 is 2.37 bits per heavy atom. The third-order valence-electron chi connectivity index (χ3n) is 13.7. The molecule has 2 bridgehead atoms. The van der Waals surface area contributed by atoms with Gasteiger partial charge in [0, 0.05) is 91.6 Å². The molecule has 1 atom stereocenters. The van der Waals surface area contributed by atoms with Crippen LogP contribution in [-0.2, 0) is 30.8 Å². The molecular formula is C46H46N6O8. The number of imide groups is 2. The summed E-state index contributed by atoms with van der Waals surface area (Å²) in [4.78, 5) is 62.1. The molecular weight excluding hydrogens is 765 g/mol. The Morgan fingerprint density at radius 2 is 1.57 bits per heavy atom. The lowest BCUT2D eigenvalue weighted by molar-refractivity contribution is -0.264. The number of aromatic nitrogens is 3. The van der Waals surface area contributed by atoms with E-state index in [1.54, 1.807) is 12.1 Å². The molecule has 1 N–H and O–H groups in total. The van der Waals surface area contributed by atoms with Crippen molar-refractivity contribution in [3.63, 3.8) is 0 Å². The minimum absolute atomic E-state index is 0.0593. The number of pyridine rings is 2. The second kappa shape index (κ2) is 14.2. The molecule has 3 aliphatic heterocycles. The van der Waals surface area contributed by atoms with Gasteiger partial charge in [-0.1, -0.05) is 12.1 Å². The van der Waals surface area contributed by atoms with E-state index in [1.165, 1.54) is 16.4 Å². The van der Waals surface area contributed by atoms with Crippen molar-refractivity contribution in [2.75, 3.05) is 44.4 Å². The molecule has 5 aromatic rings. The van der Waals surface area contributed by atoms with Crippen LogP contribution >= 0.6 is 0 Å². The maximum atomic E-state index is 13.2. The van der Waals surface area contributed by atoms with Crippen LogP contribution < -0.4 is 15.0 Å². The van der Waals surface area contributed by atoms with E-state index in [0.29, 0.717) is 37.6 Å². The van der Waals surface area contributed by atoms with Crippen molar-refractivity contribution in [3.05, 3.63) is 84.3 Å². The number of carbonyl (C=O) groups is 4. The summed E-state index contributed by atoms with van der Waals surface area (Å²) in [5, 5.41) is 4.58. The lowest BCUT2D eigenvalue weighted by Crippen LogP contribution is -2.66. The number of aryl methyl sites for hydroxylation is 1. The molecule has 12 rings (SSSR count). The van der Waals surface area contributed by atoms with E-state index < -0.39 is 29.7 Å². The quantitative estimate of drug-likeness (QED) is 0.116. The molecule has 6 heterocycles. The predicted octanol–water partition coefficient (Wildman–Crippen LogP) is 5.21. The fraction of sp³-hybridized carbons (Fsp3) is 0.435. The van der Waals surface area contributed by atoms with Gasteiger partial charge in [-0.15, -0.1) is 0 Å². The van der Waals surface area contributed by atoms with E-state index >= 15 is 0 Å². The summed E-state index contributed by atoms with van der Waals surface area (Å²) in [6.07, 6.45) is 11.6. The SMILES string of the molecule is Cn1c2ccncc2c2ccc(-c3ccc(OC4CC(OCC56CC(COCCOC7CN(c8ccc9c(c8)C(=O)N(C8CCC(=O)NC8=O)C9=O)C7)(C5)C6)C4)nc3)cc21. The van der Waals surface area contributed by atoms with Crippen molar-refractivity contribution >= 4 is 51.1 Å². The van der Waals surface area contributed by atoms with Crippen molar-refractivity contribution in [3.8, 4) is 17.0 Å². The normalized spacial score (nSPS) is 27.1. The monoisotopic (exact) mass is 810 g/mol. The molecule has 2 aromatic carbocycles. The van der Waals surface area contributed by atoms with E-state index in [9.17, 15) is 19.2 Å². The third kappa shape index (κ3) is 6.34. The molecule has 4 aliphatic carbocycles. The Balaban J connectivity index is 0.561. The van der Waals surface area contributed by atoms with Gasteiger partial charge < -0.3 is 28.4 Å². The number of ether oxygens (including phenoxy) is 4. The Hall–Kier alpha value is -5.70. The number of rotatable bonds is 14. The van der Waals surface area contributed by atoms with Crippen LogP contribution in [0.15, 0.2) is 73.2 Å². The van der Waals surface area contributed by atoms with Crippen LogP contribution in [0.3, 0.4) is 0 Å². The van der Waals surface area contributed by atoms with Gasteiger partial charge in [0.2, 0.25) is 17.7 Å². The number of hydrogen-bond acceptors (Lipinski definition) is 11. The zero-order valence-electron chi connectivity index (χ0n) is 33.4. The number of carbonyl (C=O) groups excluding carboxylic acids is 4. The van der Waals surface area contributed by atoms with Gasteiger partial charge in [-0.2, -0.15) is 0 Å². The van der Waals surface area contributed by atoms with E-state index in [2.05, 4.69) is 62.1 Å². The zero-order chi connectivity index (χ0) is 40.8. The fourth-order valence-electron chi connectivity index (χ4n) is 10.6. The first-order valence-electron chi connectivity index (χ1n) is 21.0. The zero-order valence-corrected chi connectivity index (χ0v) is 33.4. The van der Waals surface area contributed by atoms with Crippen LogP contribution in [0.25, 0.3) is 32.9 Å². The molecule has 4 amide bonds.